The Morgan fingerprint density at radius 2 is 1.93 bits per heavy atom. The van der Waals surface area contributed by atoms with Gasteiger partial charge < -0.3 is 15.4 Å². The molecule has 0 aliphatic carbocycles. The number of aryl methyl sites for hydroxylation is 1. The Kier molecular flexibility index (Phi) is 9.38. The van der Waals surface area contributed by atoms with E-state index in [0.29, 0.717) is 33.9 Å². The second kappa shape index (κ2) is 11.5. The molecule has 0 aromatic heterocycles. The number of nitrogens with one attached hydrogen (secondary N) is 2. The van der Waals surface area contributed by atoms with Gasteiger partial charge >= 0.3 is 5.97 Å². The van der Waals surface area contributed by atoms with Gasteiger partial charge in [0.05, 0.1) is 12.2 Å². The zero-order valence-corrected chi connectivity index (χ0v) is 18.8. The van der Waals surface area contributed by atoms with E-state index in [1.807, 2.05) is 31.2 Å². The van der Waals surface area contributed by atoms with E-state index in [2.05, 4.69) is 10.6 Å². The highest BCUT2D eigenvalue weighted by molar-refractivity contribution is 7.98. The van der Waals surface area contributed by atoms with E-state index < -0.39 is 0 Å². The van der Waals surface area contributed by atoms with Crippen LogP contribution in [0.4, 0.5) is 5.69 Å². The Labute approximate surface area is 185 Å². The smallest absolute Gasteiger partial charge is 0.338 e. The summed E-state index contributed by atoms with van der Waals surface area (Å²) in [5.41, 5.74) is 3.20. The highest BCUT2D eigenvalue weighted by Crippen LogP contribution is 2.28. The van der Waals surface area contributed by atoms with Gasteiger partial charge in [-0.05, 0) is 61.5 Å². The predicted molar refractivity (Wildman–Crippen MR) is 124 cm³/mol. The molecule has 0 saturated carbocycles. The molecule has 0 amide bonds. The lowest BCUT2D eigenvalue weighted by molar-refractivity contribution is 0.0526. The highest BCUT2D eigenvalue weighted by atomic mass is 35.5. The standard InChI is InChI=1S/C20H22Cl2N2O2S2/c1-3-26-19(25)14-8-7-13(2)18(11-14)24-20(27)23-9-10-28-12-15-16(21)5-4-6-17(15)22/h4-8,11H,3,9-10,12H2,1-2H3,(H2,23,24,27). The molecule has 0 aliphatic heterocycles. The molecule has 2 N–H and O–H groups in total. The molecule has 2 aromatic carbocycles. The maximum absolute atomic E-state index is 11.9. The normalized spacial score (nSPS) is 10.4. The van der Waals surface area contributed by atoms with Crippen LogP contribution in [0.2, 0.25) is 10.0 Å². The van der Waals surface area contributed by atoms with Crippen LogP contribution in [-0.4, -0.2) is 30.0 Å². The maximum Gasteiger partial charge on any atom is 0.338 e. The number of ether oxygens (including phenoxy) is 1. The largest absolute Gasteiger partial charge is 0.462 e. The molecule has 0 heterocycles. The second-order valence-electron chi connectivity index (χ2n) is 5.88. The zero-order valence-electron chi connectivity index (χ0n) is 15.7. The van der Waals surface area contributed by atoms with Crippen LogP contribution in [0, 0.1) is 6.92 Å². The monoisotopic (exact) mass is 456 g/mol. The number of esters is 1. The van der Waals surface area contributed by atoms with Gasteiger partial charge in [0.15, 0.2) is 5.11 Å². The third-order valence-electron chi connectivity index (χ3n) is 3.84. The van der Waals surface area contributed by atoms with E-state index in [1.54, 1.807) is 30.8 Å². The Balaban J connectivity index is 1.80. The molecule has 8 heteroatoms. The van der Waals surface area contributed by atoms with Gasteiger partial charge in [0.2, 0.25) is 0 Å². The molecule has 0 atom stereocenters. The molecule has 28 heavy (non-hydrogen) atoms. The van der Waals surface area contributed by atoms with Gasteiger partial charge in [-0.25, -0.2) is 4.79 Å². The first kappa shape index (κ1) is 22.8. The summed E-state index contributed by atoms with van der Waals surface area (Å²) in [5, 5.41) is 8.17. The number of carbonyl (C=O) groups excluding carboxylic acids is 1. The van der Waals surface area contributed by atoms with Gasteiger partial charge in [-0.2, -0.15) is 11.8 Å². The van der Waals surface area contributed by atoms with Crippen molar-refractivity contribution in [2.45, 2.75) is 19.6 Å². The molecular formula is C20H22Cl2N2O2S2. The second-order valence-corrected chi connectivity index (χ2v) is 8.21. The first-order chi connectivity index (χ1) is 13.4. The summed E-state index contributed by atoms with van der Waals surface area (Å²) in [6.07, 6.45) is 0. The van der Waals surface area contributed by atoms with Crippen molar-refractivity contribution in [3.8, 4) is 0 Å². The van der Waals surface area contributed by atoms with Crippen LogP contribution in [-0.2, 0) is 10.5 Å². The summed E-state index contributed by atoms with van der Waals surface area (Å²) >= 11 is 19.4. The third kappa shape index (κ3) is 6.85. The van der Waals surface area contributed by atoms with Crippen molar-refractivity contribution in [3.05, 3.63) is 63.1 Å². The Morgan fingerprint density at radius 3 is 2.61 bits per heavy atom. The molecular weight excluding hydrogens is 435 g/mol. The van der Waals surface area contributed by atoms with E-state index in [-0.39, 0.29) is 5.97 Å². The summed E-state index contributed by atoms with van der Waals surface area (Å²) in [6.45, 7) is 4.76. The van der Waals surface area contributed by atoms with Crippen molar-refractivity contribution in [2.24, 2.45) is 0 Å². The predicted octanol–water partition coefficient (Wildman–Crippen LogP) is 5.70. The molecule has 0 aliphatic rings. The lowest BCUT2D eigenvalue weighted by Crippen LogP contribution is -2.30. The number of thioether (sulfide) groups is 1. The van der Waals surface area contributed by atoms with E-state index in [1.165, 1.54) is 0 Å². The number of anilines is 1. The molecule has 2 aromatic rings. The van der Waals surface area contributed by atoms with Crippen LogP contribution in [0.5, 0.6) is 0 Å². The van der Waals surface area contributed by atoms with Crippen molar-refractivity contribution in [1.82, 2.24) is 5.32 Å². The summed E-state index contributed by atoms with van der Waals surface area (Å²) in [7, 11) is 0. The average molecular weight is 457 g/mol. The summed E-state index contributed by atoms with van der Waals surface area (Å²) in [6, 6.07) is 10.9. The number of hydrogen-bond acceptors (Lipinski definition) is 4. The average Bonchev–Trinajstić information content (AvgIpc) is 2.65. The van der Waals surface area contributed by atoms with Crippen molar-refractivity contribution in [2.75, 3.05) is 24.2 Å². The van der Waals surface area contributed by atoms with Gasteiger partial charge in [0, 0.05) is 33.8 Å². The van der Waals surface area contributed by atoms with Crippen LogP contribution in [0.25, 0.3) is 0 Å². The first-order valence-electron chi connectivity index (χ1n) is 8.75. The molecule has 0 unspecified atom stereocenters. The fraction of sp³-hybridized carbons (Fsp3) is 0.300. The van der Waals surface area contributed by atoms with Gasteiger partial charge in [-0.3, -0.25) is 0 Å². The number of carbonyl (C=O) groups is 1. The minimum absolute atomic E-state index is 0.340. The number of rotatable bonds is 8. The van der Waals surface area contributed by atoms with E-state index in [9.17, 15) is 4.79 Å². The summed E-state index contributed by atoms with van der Waals surface area (Å²) in [4.78, 5) is 11.9. The first-order valence-corrected chi connectivity index (χ1v) is 11.1. The SMILES string of the molecule is CCOC(=O)c1ccc(C)c(NC(=S)NCCSCc2c(Cl)cccc2Cl)c1. The topological polar surface area (TPSA) is 50.4 Å². The number of benzene rings is 2. The molecule has 150 valence electrons. The number of halogens is 2. The Hall–Kier alpha value is -1.47. The summed E-state index contributed by atoms with van der Waals surface area (Å²) < 4.78 is 5.04. The Bertz CT molecular complexity index is 827. The van der Waals surface area contributed by atoms with Crippen LogP contribution in [0.15, 0.2) is 36.4 Å². The van der Waals surface area contributed by atoms with E-state index >= 15 is 0 Å². The van der Waals surface area contributed by atoms with E-state index in [0.717, 1.165) is 28.3 Å². The van der Waals surface area contributed by atoms with Crippen LogP contribution >= 0.6 is 47.2 Å². The molecule has 2 rings (SSSR count). The van der Waals surface area contributed by atoms with Gasteiger partial charge in [0.1, 0.15) is 0 Å². The lowest BCUT2D eigenvalue weighted by atomic mass is 10.1. The Morgan fingerprint density at radius 1 is 1.21 bits per heavy atom. The molecule has 0 saturated heterocycles. The molecule has 0 fully saturated rings. The fourth-order valence-electron chi connectivity index (χ4n) is 2.35. The van der Waals surface area contributed by atoms with Crippen LogP contribution < -0.4 is 10.6 Å². The zero-order chi connectivity index (χ0) is 20.5. The van der Waals surface area contributed by atoms with Crippen molar-refractivity contribution in [3.63, 3.8) is 0 Å². The third-order valence-corrected chi connectivity index (χ3v) is 5.78. The van der Waals surface area contributed by atoms with Gasteiger partial charge in [-0.1, -0.05) is 35.3 Å². The number of thiocarbonyl (C=S) groups is 1. The minimum Gasteiger partial charge on any atom is -0.462 e. The van der Waals surface area contributed by atoms with Gasteiger partial charge in [-0.15, -0.1) is 0 Å². The van der Waals surface area contributed by atoms with E-state index in [4.69, 9.17) is 40.2 Å². The molecule has 0 spiro atoms. The molecule has 0 bridgehead atoms. The van der Waals surface area contributed by atoms with Crippen LogP contribution in [0.3, 0.4) is 0 Å². The van der Waals surface area contributed by atoms with Gasteiger partial charge in [0.25, 0.3) is 0 Å². The van der Waals surface area contributed by atoms with Crippen molar-refractivity contribution in [1.29, 1.82) is 0 Å². The fourth-order valence-corrected chi connectivity index (χ4v) is 4.15. The van der Waals surface area contributed by atoms with Crippen LogP contribution in [0.1, 0.15) is 28.4 Å². The lowest BCUT2D eigenvalue weighted by Gasteiger charge is -2.14. The minimum atomic E-state index is -0.348. The summed E-state index contributed by atoms with van der Waals surface area (Å²) in [5.74, 6) is 1.23. The maximum atomic E-state index is 11.9. The van der Waals surface area contributed by atoms with Crippen molar-refractivity contribution < 1.29 is 9.53 Å². The highest BCUT2D eigenvalue weighted by Gasteiger charge is 2.10. The number of hydrogen-bond donors (Lipinski definition) is 2. The van der Waals surface area contributed by atoms with Crippen molar-refractivity contribution >= 4 is 64.0 Å². The quantitative estimate of drug-likeness (QED) is 0.301. The molecule has 0 radical (unpaired) electrons. The molecule has 4 nitrogen and oxygen atoms in total.